The molecule has 0 unspecified atom stereocenters. The zero-order valence-corrected chi connectivity index (χ0v) is 13.1. The van der Waals surface area contributed by atoms with Crippen molar-refractivity contribution in [1.82, 2.24) is 0 Å². The van der Waals surface area contributed by atoms with E-state index in [1.54, 1.807) is 0 Å². The maximum Gasteiger partial charge on any atom is 0.159 e. The van der Waals surface area contributed by atoms with Gasteiger partial charge in [0.25, 0.3) is 0 Å². The van der Waals surface area contributed by atoms with Crippen molar-refractivity contribution in [2.45, 2.75) is 26.2 Å². The van der Waals surface area contributed by atoms with Crippen LogP contribution in [-0.4, -0.2) is 6.61 Å². The second-order valence-electron chi connectivity index (χ2n) is 5.78. The lowest BCUT2D eigenvalue weighted by Gasteiger charge is -2.10. The van der Waals surface area contributed by atoms with Crippen LogP contribution >= 0.6 is 0 Å². The van der Waals surface area contributed by atoms with E-state index in [9.17, 15) is 17.6 Å². The first kappa shape index (κ1) is 16.6. The van der Waals surface area contributed by atoms with Crippen molar-refractivity contribution in [3.05, 3.63) is 64.2 Å². The van der Waals surface area contributed by atoms with Crippen LogP contribution in [0.15, 0.2) is 24.3 Å². The van der Waals surface area contributed by atoms with Crippen LogP contribution in [0.3, 0.4) is 0 Å². The number of unbranched alkanes of at least 4 members (excludes halogenated alkanes) is 1. The predicted octanol–water partition coefficient (Wildman–Crippen LogP) is 5.52. The van der Waals surface area contributed by atoms with Crippen molar-refractivity contribution >= 4 is 11.6 Å². The molecule has 0 aliphatic heterocycles. The minimum Gasteiger partial charge on any atom is -0.493 e. The van der Waals surface area contributed by atoms with Crippen molar-refractivity contribution in [2.75, 3.05) is 6.61 Å². The Kier molecular flexibility index (Phi) is 4.60. The molecule has 0 amide bonds. The Morgan fingerprint density at radius 3 is 2.25 bits per heavy atom. The zero-order valence-electron chi connectivity index (χ0n) is 13.1. The van der Waals surface area contributed by atoms with Crippen LogP contribution in [0.2, 0.25) is 0 Å². The Hall–Kier alpha value is -2.30. The van der Waals surface area contributed by atoms with Crippen molar-refractivity contribution < 1.29 is 22.3 Å². The fraction of sp³-hybridized carbons (Fsp3) is 0.263. The smallest absolute Gasteiger partial charge is 0.159 e. The van der Waals surface area contributed by atoms with E-state index in [1.807, 2.05) is 6.92 Å². The average molecular weight is 336 g/mol. The van der Waals surface area contributed by atoms with Gasteiger partial charge in [-0.2, -0.15) is 0 Å². The molecule has 0 aromatic heterocycles. The molecule has 5 heteroatoms. The van der Waals surface area contributed by atoms with Gasteiger partial charge >= 0.3 is 0 Å². The molecule has 1 aliphatic rings. The summed E-state index contributed by atoms with van der Waals surface area (Å²) in [4.78, 5) is 0. The van der Waals surface area contributed by atoms with Crippen LogP contribution in [0.4, 0.5) is 17.6 Å². The molecule has 2 aromatic rings. The summed E-state index contributed by atoms with van der Waals surface area (Å²) >= 11 is 0. The molecule has 0 spiro atoms. The van der Waals surface area contributed by atoms with Gasteiger partial charge in [0.2, 0.25) is 0 Å². The van der Waals surface area contributed by atoms with E-state index >= 15 is 0 Å². The SMILES string of the molecule is CCCCOc1cc(F)c(C2=Cc3cc(F)c(F)cc3C2)c(F)c1. The Balaban J connectivity index is 1.89. The van der Waals surface area contributed by atoms with E-state index in [-0.39, 0.29) is 17.7 Å². The van der Waals surface area contributed by atoms with Crippen LogP contribution in [0.5, 0.6) is 5.75 Å². The summed E-state index contributed by atoms with van der Waals surface area (Å²) in [5, 5.41) is 0. The first-order valence-electron chi connectivity index (χ1n) is 7.80. The summed E-state index contributed by atoms with van der Waals surface area (Å²) in [7, 11) is 0. The van der Waals surface area contributed by atoms with E-state index in [1.165, 1.54) is 6.08 Å². The van der Waals surface area contributed by atoms with Gasteiger partial charge < -0.3 is 4.74 Å². The highest BCUT2D eigenvalue weighted by molar-refractivity contribution is 5.89. The molecule has 3 rings (SSSR count). The molecule has 0 fully saturated rings. The second-order valence-corrected chi connectivity index (χ2v) is 5.78. The monoisotopic (exact) mass is 336 g/mol. The fourth-order valence-electron chi connectivity index (χ4n) is 2.77. The number of hydrogen-bond acceptors (Lipinski definition) is 1. The summed E-state index contributed by atoms with van der Waals surface area (Å²) in [5.41, 5.74) is 1.11. The van der Waals surface area contributed by atoms with E-state index in [0.29, 0.717) is 23.3 Å². The highest BCUT2D eigenvalue weighted by Crippen LogP contribution is 2.36. The summed E-state index contributed by atoms with van der Waals surface area (Å²) in [5.74, 6) is -3.31. The van der Waals surface area contributed by atoms with E-state index in [4.69, 9.17) is 4.74 Å². The quantitative estimate of drug-likeness (QED) is 0.516. The standard InChI is InChI=1S/C19H16F4O/c1-2-3-4-24-14-9-17(22)19(18(23)10-14)13-5-11-7-15(20)16(21)8-12(11)6-13/h5,7-10H,2-4,6H2,1H3. The summed E-state index contributed by atoms with van der Waals surface area (Å²) < 4.78 is 60.6. The van der Waals surface area contributed by atoms with Gasteiger partial charge in [-0.05, 0) is 41.7 Å². The predicted molar refractivity (Wildman–Crippen MR) is 84.7 cm³/mol. The lowest BCUT2D eigenvalue weighted by atomic mass is 10.0. The number of benzene rings is 2. The van der Waals surface area contributed by atoms with Crippen LogP contribution in [0.1, 0.15) is 36.5 Å². The van der Waals surface area contributed by atoms with Crippen molar-refractivity contribution in [1.29, 1.82) is 0 Å². The highest BCUT2D eigenvalue weighted by atomic mass is 19.2. The molecular weight excluding hydrogens is 320 g/mol. The summed E-state index contributed by atoms with van der Waals surface area (Å²) in [6, 6.07) is 4.38. The fourth-order valence-corrected chi connectivity index (χ4v) is 2.77. The lowest BCUT2D eigenvalue weighted by Crippen LogP contribution is -2.01. The minimum absolute atomic E-state index is 0.135. The third kappa shape index (κ3) is 3.16. The summed E-state index contributed by atoms with van der Waals surface area (Å²) in [6.45, 7) is 2.38. The lowest BCUT2D eigenvalue weighted by molar-refractivity contribution is 0.306. The van der Waals surface area contributed by atoms with Crippen LogP contribution in [0, 0.1) is 23.3 Å². The Bertz CT molecular complexity index is 788. The Morgan fingerprint density at radius 1 is 0.917 bits per heavy atom. The minimum atomic E-state index is -0.980. The molecule has 1 nitrogen and oxygen atoms in total. The first-order chi connectivity index (χ1) is 11.5. The molecule has 0 saturated carbocycles. The highest BCUT2D eigenvalue weighted by Gasteiger charge is 2.22. The third-order valence-electron chi connectivity index (χ3n) is 4.00. The second kappa shape index (κ2) is 6.67. The maximum atomic E-state index is 14.3. The van der Waals surface area contributed by atoms with E-state index < -0.39 is 23.3 Å². The number of hydrogen-bond donors (Lipinski definition) is 0. The Morgan fingerprint density at radius 2 is 1.58 bits per heavy atom. The first-order valence-corrected chi connectivity index (χ1v) is 7.80. The van der Waals surface area contributed by atoms with Crippen molar-refractivity contribution in [2.24, 2.45) is 0 Å². The number of rotatable bonds is 5. The number of allylic oxidation sites excluding steroid dienone is 1. The number of halogens is 4. The molecule has 1 aliphatic carbocycles. The number of ether oxygens (including phenoxy) is 1. The third-order valence-corrected chi connectivity index (χ3v) is 4.00. The van der Waals surface area contributed by atoms with Crippen LogP contribution in [-0.2, 0) is 6.42 Å². The van der Waals surface area contributed by atoms with Gasteiger partial charge in [-0.3, -0.25) is 0 Å². The molecule has 2 aromatic carbocycles. The molecular formula is C19H16F4O. The van der Waals surface area contributed by atoms with E-state index in [2.05, 4.69) is 0 Å². The molecule has 126 valence electrons. The van der Waals surface area contributed by atoms with Gasteiger partial charge in [-0.1, -0.05) is 19.4 Å². The van der Waals surface area contributed by atoms with Gasteiger partial charge in [-0.25, -0.2) is 17.6 Å². The van der Waals surface area contributed by atoms with Gasteiger partial charge in [0.1, 0.15) is 17.4 Å². The van der Waals surface area contributed by atoms with E-state index in [0.717, 1.165) is 37.1 Å². The largest absolute Gasteiger partial charge is 0.493 e. The van der Waals surface area contributed by atoms with Crippen LogP contribution < -0.4 is 4.74 Å². The molecule has 0 heterocycles. The zero-order chi connectivity index (χ0) is 17.3. The number of fused-ring (bicyclic) bond motifs is 1. The summed E-state index contributed by atoms with van der Waals surface area (Å²) in [6.07, 6.45) is 3.34. The maximum absolute atomic E-state index is 14.3. The molecule has 0 N–H and O–H groups in total. The van der Waals surface area contributed by atoms with Gasteiger partial charge in [0, 0.05) is 17.7 Å². The molecule has 24 heavy (non-hydrogen) atoms. The Labute approximate surface area is 137 Å². The van der Waals surface area contributed by atoms with Crippen molar-refractivity contribution in [3.8, 4) is 5.75 Å². The van der Waals surface area contributed by atoms with Gasteiger partial charge in [-0.15, -0.1) is 0 Å². The molecule has 0 bridgehead atoms. The van der Waals surface area contributed by atoms with Gasteiger partial charge in [0.05, 0.1) is 6.61 Å². The van der Waals surface area contributed by atoms with Gasteiger partial charge in [0.15, 0.2) is 11.6 Å². The average Bonchev–Trinajstić information content (AvgIpc) is 2.89. The van der Waals surface area contributed by atoms with Crippen molar-refractivity contribution in [3.63, 3.8) is 0 Å². The molecule has 0 saturated heterocycles. The molecule has 0 radical (unpaired) electrons. The normalized spacial score (nSPS) is 13.0. The topological polar surface area (TPSA) is 9.23 Å². The molecule has 0 atom stereocenters. The van der Waals surface area contributed by atoms with Crippen LogP contribution in [0.25, 0.3) is 11.6 Å².